The van der Waals surface area contributed by atoms with Crippen LogP contribution in [-0.4, -0.2) is 97.4 Å². The molecule has 0 amide bonds. The highest BCUT2D eigenvalue weighted by Gasteiger charge is 2.49. The van der Waals surface area contributed by atoms with E-state index in [0.29, 0.717) is 30.5 Å². The number of phenolic OH excluding ortho intramolecular Hbond substituents is 1. The Balaban J connectivity index is 1.33. The van der Waals surface area contributed by atoms with Gasteiger partial charge in [-0.25, -0.2) is 0 Å². The van der Waals surface area contributed by atoms with Gasteiger partial charge in [-0.1, -0.05) is 6.07 Å². The number of aliphatic hydroxyl groups excluding tert-OH is 4. The molecule has 0 bridgehead atoms. The predicted octanol–water partition coefficient (Wildman–Crippen LogP) is 0.672. The molecule has 0 spiro atoms. The topological polar surface area (TPSA) is 166 Å². The highest BCUT2D eigenvalue weighted by molar-refractivity contribution is 5.53. The molecule has 2 aromatic carbocycles. The molecule has 12 heteroatoms. The molecule has 12 nitrogen and oxygen atoms in total. The SMILES string of the molecule is COc1cc([C@H]2OC[C@H]3[C@@H]2CO[C@@H]3c2cc(OC)c(O)c(OC)c2)ccc1O[C@@H]1O[C@H](CO)[C@@H](O)[C@H](O)[C@H]1O. The fourth-order valence-electron chi connectivity index (χ4n) is 5.56. The lowest BCUT2D eigenvalue weighted by molar-refractivity contribution is -0.277. The maximum absolute atomic E-state index is 10.3. The Morgan fingerprint density at radius 1 is 0.744 bits per heavy atom. The summed E-state index contributed by atoms with van der Waals surface area (Å²) in [6.45, 7) is 0.350. The van der Waals surface area contributed by atoms with E-state index in [1.165, 1.54) is 21.3 Å². The van der Waals surface area contributed by atoms with Gasteiger partial charge in [-0.05, 0) is 35.4 Å². The summed E-state index contributed by atoms with van der Waals surface area (Å²) >= 11 is 0. The molecular weight excluding hydrogens is 516 g/mol. The van der Waals surface area contributed by atoms with E-state index in [-0.39, 0.29) is 35.5 Å². The van der Waals surface area contributed by atoms with Crippen LogP contribution < -0.4 is 18.9 Å². The third-order valence-corrected chi connectivity index (χ3v) is 7.70. The number of benzene rings is 2. The Labute approximate surface area is 225 Å². The van der Waals surface area contributed by atoms with Gasteiger partial charge in [0.1, 0.15) is 24.4 Å². The van der Waals surface area contributed by atoms with Gasteiger partial charge >= 0.3 is 0 Å². The number of rotatable bonds is 8. The second-order valence-corrected chi connectivity index (χ2v) is 9.84. The van der Waals surface area contributed by atoms with Crippen LogP contribution in [0.2, 0.25) is 0 Å². The van der Waals surface area contributed by atoms with Gasteiger partial charge in [-0.2, -0.15) is 0 Å². The van der Waals surface area contributed by atoms with Crippen LogP contribution in [0, 0.1) is 11.8 Å². The molecule has 3 heterocycles. The summed E-state index contributed by atoms with van der Waals surface area (Å²) in [7, 11) is 4.42. The minimum atomic E-state index is -1.56. The van der Waals surface area contributed by atoms with Crippen molar-refractivity contribution >= 4 is 0 Å². The van der Waals surface area contributed by atoms with E-state index >= 15 is 0 Å². The molecule has 2 aromatic rings. The van der Waals surface area contributed by atoms with E-state index in [0.717, 1.165) is 11.1 Å². The minimum Gasteiger partial charge on any atom is -0.502 e. The smallest absolute Gasteiger partial charge is 0.229 e. The lowest BCUT2D eigenvalue weighted by Gasteiger charge is -2.39. The van der Waals surface area contributed by atoms with Crippen LogP contribution in [0.1, 0.15) is 23.3 Å². The molecule has 0 aliphatic carbocycles. The molecule has 3 aliphatic rings. The first-order valence-electron chi connectivity index (χ1n) is 12.6. The number of aliphatic hydroxyl groups is 4. The molecule has 9 atom stereocenters. The van der Waals surface area contributed by atoms with E-state index in [9.17, 15) is 25.5 Å². The minimum absolute atomic E-state index is 0.0442. The van der Waals surface area contributed by atoms with Crippen molar-refractivity contribution in [3.05, 3.63) is 41.5 Å². The van der Waals surface area contributed by atoms with Gasteiger partial charge in [-0.3, -0.25) is 0 Å². The van der Waals surface area contributed by atoms with Crippen LogP contribution in [0.15, 0.2) is 30.3 Å². The van der Waals surface area contributed by atoms with Crippen LogP contribution in [0.5, 0.6) is 28.7 Å². The van der Waals surface area contributed by atoms with Crippen molar-refractivity contribution in [3.63, 3.8) is 0 Å². The first-order chi connectivity index (χ1) is 18.8. The Hall–Kier alpha value is -2.84. The Morgan fingerprint density at radius 2 is 1.31 bits per heavy atom. The summed E-state index contributed by atoms with van der Waals surface area (Å²) in [6, 6.07) is 8.72. The lowest BCUT2D eigenvalue weighted by atomic mass is 9.84. The van der Waals surface area contributed by atoms with Gasteiger partial charge in [-0.15, -0.1) is 0 Å². The summed E-state index contributed by atoms with van der Waals surface area (Å²) < 4.78 is 39.8. The first kappa shape index (κ1) is 27.7. The number of phenols is 1. The lowest BCUT2D eigenvalue weighted by Crippen LogP contribution is -2.60. The summed E-state index contributed by atoms with van der Waals surface area (Å²) in [4.78, 5) is 0. The highest BCUT2D eigenvalue weighted by atomic mass is 16.7. The molecule has 0 radical (unpaired) electrons. The summed E-state index contributed by atoms with van der Waals surface area (Å²) in [5.74, 6) is 1.20. The maximum Gasteiger partial charge on any atom is 0.229 e. The van der Waals surface area contributed by atoms with Crippen molar-refractivity contribution in [3.8, 4) is 28.7 Å². The second kappa shape index (κ2) is 11.3. The Morgan fingerprint density at radius 3 is 1.87 bits per heavy atom. The Bertz CT molecular complexity index is 1130. The van der Waals surface area contributed by atoms with Gasteiger partial charge < -0.3 is 58.7 Å². The van der Waals surface area contributed by atoms with E-state index in [2.05, 4.69) is 0 Å². The van der Waals surface area contributed by atoms with Crippen molar-refractivity contribution in [2.24, 2.45) is 11.8 Å². The monoisotopic (exact) mass is 550 g/mol. The molecule has 5 rings (SSSR count). The molecule has 3 aliphatic heterocycles. The van der Waals surface area contributed by atoms with Gasteiger partial charge in [0.25, 0.3) is 0 Å². The van der Waals surface area contributed by atoms with E-state index in [4.69, 9.17) is 33.2 Å². The van der Waals surface area contributed by atoms with Crippen LogP contribution >= 0.6 is 0 Å². The van der Waals surface area contributed by atoms with Crippen molar-refractivity contribution < 1.29 is 58.7 Å². The van der Waals surface area contributed by atoms with Crippen LogP contribution in [0.3, 0.4) is 0 Å². The first-order valence-corrected chi connectivity index (χ1v) is 12.6. The van der Waals surface area contributed by atoms with Crippen molar-refractivity contribution in [1.29, 1.82) is 0 Å². The normalized spacial score (nSPS) is 34.0. The zero-order valence-corrected chi connectivity index (χ0v) is 21.8. The fraction of sp³-hybridized carbons (Fsp3) is 0.556. The van der Waals surface area contributed by atoms with Gasteiger partial charge in [0.05, 0.1) is 53.4 Å². The maximum atomic E-state index is 10.3. The largest absolute Gasteiger partial charge is 0.502 e. The van der Waals surface area contributed by atoms with Gasteiger partial charge in [0, 0.05) is 11.8 Å². The van der Waals surface area contributed by atoms with Crippen LogP contribution in [0.4, 0.5) is 0 Å². The van der Waals surface area contributed by atoms with E-state index in [1.54, 1.807) is 24.3 Å². The van der Waals surface area contributed by atoms with Crippen LogP contribution in [0.25, 0.3) is 0 Å². The quantitative estimate of drug-likeness (QED) is 0.312. The average Bonchev–Trinajstić information content (AvgIpc) is 3.56. The highest BCUT2D eigenvalue weighted by Crippen LogP contribution is 2.52. The third kappa shape index (κ3) is 4.97. The molecule has 0 aromatic heterocycles. The number of fused-ring (bicyclic) bond motifs is 1. The zero-order valence-electron chi connectivity index (χ0n) is 21.8. The molecule has 0 saturated carbocycles. The molecule has 3 saturated heterocycles. The molecule has 214 valence electrons. The predicted molar refractivity (Wildman–Crippen MR) is 133 cm³/mol. The van der Waals surface area contributed by atoms with Gasteiger partial charge in [0.15, 0.2) is 23.0 Å². The fourth-order valence-corrected chi connectivity index (χ4v) is 5.56. The zero-order chi connectivity index (χ0) is 27.8. The standard InChI is InChI=1S/C27H34O12/c1-33-17-6-12(4-5-16(17)38-27-24(32)23(31)22(30)20(9-28)39-27)25-14-10-37-26(15(14)11-36-25)13-7-18(34-2)21(29)19(8-13)35-3/h4-8,14-15,20,22-32H,9-11H2,1-3H3/t14-,15-,20+,22+,23-,24+,25+,26+,27+/m0/s1. The third-order valence-electron chi connectivity index (χ3n) is 7.70. The van der Waals surface area contributed by atoms with Crippen molar-refractivity contribution in [2.45, 2.75) is 42.9 Å². The number of methoxy groups -OCH3 is 3. The molecular formula is C27H34O12. The number of aromatic hydroxyl groups is 1. The second-order valence-electron chi connectivity index (χ2n) is 9.84. The molecule has 5 N–H and O–H groups in total. The number of ether oxygens (including phenoxy) is 7. The summed E-state index contributed by atoms with van der Waals surface area (Å²) in [5, 5.41) is 50.1. The molecule has 39 heavy (non-hydrogen) atoms. The number of hydrogen-bond donors (Lipinski definition) is 5. The van der Waals surface area contributed by atoms with Gasteiger partial charge in [0.2, 0.25) is 12.0 Å². The summed E-state index contributed by atoms with van der Waals surface area (Å²) in [6.07, 6.45) is -7.57. The molecule has 0 unspecified atom stereocenters. The Kier molecular flexibility index (Phi) is 8.06. The number of hydrogen-bond acceptors (Lipinski definition) is 12. The van der Waals surface area contributed by atoms with E-state index < -0.39 is 37.3 Å². The summed E-state index contributed by atoms with van der Waals surface area (Å²) in [5.41, 5.74) is 1.66. The average molecular weight is 551 g/mol. The van der Waals surface area contributed by atoms with E-state index in [1.807, 2.05) is 6.07 Å². The van der Waals surface area contributed by atoms with Crippen LogP contribution in [-0.2, 0) is 14.2 Å². The molecule has 3 fully saturated rings. The van der Waals surface area contributed by atoms with Crippen molar-refractivity contribution in [1.82, 2.24) is 0 Å². The van der Waals surface area contributed by atoms with Crippen molar-refractivity contribution in [2.75, 3.05) is 41.2 Å².